The zero-order valence-corrected chi connectivity index (χ0v) is 17.9. The van der Waals surface area contributed by atoms with Crippen molar-refractivity contribution in [3.63, 3.8) is 0 Å². The van der Waals surface area contributed by atoms with Gasteiger partial charge in [-0.3, -0.25) is 14.5 Å². The van der Waals surface area contributed by atoms with Crippen molar-refractivity contribution in [2.24, 2.45) is 0 Å². The molecule has 5 nitrogen and oxygen atoms in total. The van der Waals surface area contributed by atoms with Crippen molar-refractivity contribution in [3.8, 4) is 0 Å². The van der Waals surface area contributed by atoms with Gasteiger partial charge in [-0.2, -0.15) is 0 Å². The van der Waals surface area contributed by atoms with Crippen LogP contribution in [0.4, 0.5) is 10.2 Å². The first-order valence-corrected chi connectivity index (χ1v) is 10.5. The van der Waals surface area contributed by atoms with E-state index in [-0.39, 0.29) is 22.3 Å². The smallest absolute Gasteiger partial charge is 0.296 e. The Hall–Kier alpha value is -3.80. The van der Waals surface area contributed by atoms with Gasteiger partial charge in [0.05, 0.1) is 17.0 Å². The zero-order valence-electron chi connectivity index (χ0n) is 17.9. The Balaban J connectivity index is 1.78. The molecule has 0 aliphatic carbocycles. The van der Waals surface area contributed by atoms with E-state index in [1.54, 1.807) is 12.3 Å². The molecule has 1 aliphatic rings. The summed E-state index contributed by atoms with van der Waals surface area (Å²) in [7, 11) is 0. The van der Waals surface area contributed by atoms with Crippen LogP contribution in [-0.4, -0.2) is 10.9 Å². The lowest BCUT2D eigenvalue weighted by molar-refractivity contribution is 0.0970. The van der Waals surface area contributed by atoms with Crippen LogP contribution in [0.15, 0.2) is 70.0 Å². The van der Waals surface area contributed by atoms with Crippen LogP contribution in [-0.2, 0) is 0 Å². The molecule has 2 aromatic carbocycles. The fourth-order valence-electron chi connectivity index (χ4n) is 4.16. The fourth-order valence-corrected chi connectivity index (χ4v) is 4.16. The maximum absolute atomic E-state index is 13.9. The van der Waals surface area contributed by atoms with E-state index < -0.39 is 23.2 Å². The summed E-state index contributed by atoms with van der Waals surface area (Å²) in [5.74, 6) is -0.260. The number of nitrogens with zero attached hydrogens (tertiary/aromatic N) is 2. The minimum absolute atomic E-state index is 0.0329. The molecule has 2 aromatic heterocycles. The van der Waals surface area contributed by atoms with E-state index in [0.29, 0.717) is 11.7 Å². The number of carbonyl (C=O) groups is 1. The molecular weight excluding hydrogens is 407 g/mol. The number of benzene rings is 2. The van der Waals surface area contributed by atoms with Gasteiger partial charge in [0.1, 0.15) is 17.2 Å². The first-order chi connectivity index (χ1) is 15.3. The van der Waals surface area contributed by atoms with Crippen molar-refractivity contribution < 1.29 is 13.6 Å². The average Bonchev–Trinajstić information content (AvgIpc) is 3.07. The van der Waals surface area contributed by atoms with Gasteiger partial charge in [0.15, 0.2) is 5.43 Å². The quantitative estimate of drug-likeness (QED) is 0.432. The topological polar surface area (TPSA) is 63.4 Å². The third-order valence-corrected chi connectivity index (χ3v) is 5.89. The van der Waals surface area contributed by atoms with E-state index in [1.165, 1.54) is 17.0 Å². The van der Waals surface area contributed by atoms with Crippen LogP contribution in [0.5, 0.6) is 0 Å². The van der Waals surface area contributed by atoms with E-state index in [4.69, 9.17) is 4.42 Å². The second-order valence-corrected chi connectivity index (χ2v) is 8.41. The summed E-state index contributed by atoms with van der Waals surface area (Å²) < 4.78 is 19.8. The standard InChI is InChI=1S/C26H21FN2O3/c1-14(2)16-5-7-17(8-6-16)23-22-24(30)19-12-18(27)9-10-20(19)32-25(22)26(31)29(23)21-11-4-15(3)13-28-21/h4-14,23H,1-3H3. The normalized spacial score (nSPS) is 15.6. The average molecular weight is 428 g/mol. The molecule has 5 rings (SSSR count). The van der Waals surface area contributed by atoms with Gasteiger partial charge in [0, 0.05) is 6.20 Å². The van der Waals surface area contributed by atoms with Crippen LogP contribution in [0.25, 0.3) is 11.0 Å². The SMILES string of the molecule is Cc1ccc(N2C(=O)c3oc4ccc(F)cc4c(=O)c3C2c2ccc(C(C)C)cc2)nc1. The Morgan fingerprint density at radius 2 is 1.78 bits per heavy atom. The maximum atomic E-state index is 13.9. The van der Waals surface area contributed by atoms with Gasteiger partial charge < -0.3 is 4.42 Å². The second kappa shape index (κ2) is 7.41. The number of hydrogen-bond donors (Lipinski definition) is 0. The second-order valence-electron chi connectivity index (χ2n) is 8.41. The highest BCUT2D eigenvalue weighted by Crippen LogP contribution is 2.40. The molecule has 0 N–H and O–H groups in total. The molecule has 4 aromatic rings. The summed E-state index contributed by atoms with van der Waals surface area (Å²) in [6.45, 7) is 6.11. The number of halogens is 1. The molecule has 160 valence electrons. The van der Waals surface area contributed by atoms with Crippen LogP contribution < -0.4 is 10.3 Å². The van der Waals surface area contributed by atoms with Gasteiger partial charge in [-0.15, -0.1) is 0 Å². The summed E-state index contributed by atoms with van der Waals surface area (Å²) in [5.41, 5.74) is 2.81. The van der Waals surface area contributed by atoms with Gasteiger partial charge >= 0.3 is 0 Å². The number of hydrogen-bond acceptors (Lipinski definition) is 4. The van der Waals surface area contributed by atoms with Crippen molar-refractivity contribution in [1.29, 1.82) is 0 Å². The molecular formula is C26H21FN2O3. The Bertz CT molecular complexity index is 1410. The number of aryl methyl sites for hydroxylation is 1. The number of pyridine rings is 1. The molecule has 1 unspecified atom stereocenters. The molecule has 0 radical (unpaired) electrons. The minimum atomic E-state index is -0.724. The molecule has 0 fully saturated rings. The van der Waals surface area contributed by atoms with E-state index in [9.17, 15) is 14.0 Å². The lowest BCUT2D eigenvalue weighted by Gasteiger charge is -2.24. The van der Waals surface area contributed by atoms with E-state index in [2.05, 4.69) is 18.8 Å². The maximum Gasteiger partial charge on any atom is 0.296 e. The Kier molecular flexibility index (Phi) is 4.66. The van der Waals surface area contributed by atoms with Crippen molar-refractivity contribution >= 4 is 22.7 Å². The molecule has 1 amide bonds. The Morgan fingerprint density at radius 3 is 2.44 bits per heavy atom. The van der Waals surface area contributed by atoms with Crippen LogP contribution >= 0.6 is 0 Å². The first kappa shape index (κ1) is 20.1. The number of fused-ring (bicyclic) bond motifs is 2. The van der Waals surface area contributed by atoms with Crippen LogP contribution in [0, 0.1) is 12.7 Å². The Morgan fingerprint density at radius 1 is 1.03 bits per heavy atom. The zero-order chi connectivity index (χ0) is 22.6. The summed E-state index contributed by atoms with van der Waals surface area (Å²) in [6.07, 6.45) is 1.67. The van der Waals surface area contributed by atoms with Crippen molar-refractivity contribution in [2.45, 2.75) is 32.7 Å². The highest BCUT2D eigenvalue weighted by molar-refractivity contribution is 6.10. The highest BCUT2D eigenvalue weighted by atomic mass is 19.1. The fraction of sp³-hybridized carbons (Fsp3) is 0.192. The minimum Gasteiger partial charge on any atom is -0.450 e. The molecule has 1 aliphatic heterocycles. The van der Waals surface area contributed by atoms with E-state index in [0.717, 1.165) is 22.8 Å². The van der Waals surface area contributed by atoms with Gasteiger partial charge in [-0.05, 0) is 53.8 Å². The lowest BCUT2D eigenvalue weighted by atomic mass is 9.95. The largest absolute Gasteiger partial charge is 0.450 e. The summed E-state index contributed by atoms with van der Waals surface area (Å²) >= 11 is 0. The third-order valence-electron chi connectivity index (χ3n) is 5.89. The third kappa shape index (κ3) is 3.11. The molecule has 6 heteroatoms. The van der Waals surface area contributed by atoms with Crippen LogP contribution in [0.3, 0.4) is 0 Å². The molecule has 0 spiro atoms. The number of anilines is 1. The summed E-state index contributed by atoms with van der Waals surface area (Å²) in [6, 6.07) is 14.4. The van der Waals surface area contributed by atoms with Gasteiger partial charge in [-0.25, -0.2) is 9.37 Å². The van der Waals surface area contributed by atoms with E-state index in [1.807, 2.05) is 37.3 Å². The predicted octanol–water partition coefficient (Wildman–Crippen LogP) is 5.51. The van der Waals surface area contributed by atoms with Crippen molar-refractivity contribution in [3.05, 3.63) is 105 Å². The predicted molar refractivity (Wildman–Crippen MR) is 121 cm³/mol. The molecule has 0 bridgehead atoms. The van der Waals surface area contributed by atoms with Gasteiger partial charge in [0.25, 0.3) is 5.91 Å². The molecule has 1 atom stereocenters. The number of amides is 1. The van der Waals surface area contributed by atoms with Gasteiger partial charge in [-0.1, -0.05) is 44.2 Å². The molecule has 0 saturated carbocycles. The number of aromatic nitrogens is 1. The number of carbonyl (C=O) groups excluding carboxylic acids is 1. The monoisotopic (exact) mass is 428 g/mol. The van der Waals surface area contributed by atoms with Crippen molar-refractivity contribution in [2.75, 3.05) is 4.90 Å². The Labute approximate surface area is 184 Å². The van der Waals surface area contributed by atoms with E-state index >= 15 is 0 Å². The molecule has 3 heterocycles. The molecule has 32 heavy (non-hydrogen) atoms. The van der Waals surface area contributed by atoms with Crippen LogP contribution in [0.1, 0.15) is 58.6 Å². The summed E-state index contributed by atoms with van der Waals surface area (Å²) in [5, 5.41) is 0.110. The van der Waals surface area contributed by atoms with Crippen LogP contribution in [0.2, 0.25) is 0 Å². The number of rotatable bonds is 3. The molecule has 0 saturated heterocycles. The van der Waals surface area contributed by atoms with Gasteiger partial charge in [0.2, 0.25) is 5.76 Å². The summed E-state index contributed by atoms with van der Waals surface area (Å²) in [4.78, 5) is 32.9. The van der Waals surface area contributed by atoms with Crippen molar-refractivity contribution in [1.82, 2.24) is 4.98 Å². The lowest BCUT2D eigenvalue weighted by Crippen LogP contribution is -2.30. The first-order valence-electron chi connectivity index (χ1n) is 10.5. The highest BCUT2D eigenvalue weighted by Gasteiger charge is 2.44.